The molecule has 0 bridgehead atoms. The van der Waals surface area contributed by atoms with Gasteiger partial charge in [-0.15, -0.1) is 11.3 Å². The van der Waals surface area contributed by atoms with E-state index in [0.717, 1.165) is 31.5 Å². The molecular weight excluding hydrogens is 441 g/mol. The van der Waals surface area contributed by atoms with Gasteiger partial charge in [-0.3, -0.25) is 14.5 Å². The maximum absolute atomic E-state index is 13.9. The average Bonchev–Trinajstić information content (AvgIpc) is 3.36. The van der Waals surface area contributed by atoms with Crippen LogP contribution in [0.5, 0.6) is 5.75 Å². The summed E-state index contributed by atoms with van der Waals surface area (Å²) >= 11 is 1.38. The van der Waals surface area contributed by atoms with Crippen LogP contribution in [0.2, 0.25) is 0 Å². The highest BCUT2D eigenvalue weighted by Gasteiger charge is 2.21. The van der Waals surface area contributed by atoms with Crippen LogP contribution < -0.4 is 15.4 Å². The number of hydrogen-bond acceptors (Lipinski definition) is 5. The van der Waals surface area contributed by atoms with Crippen LogP contribution in [-0.2, 0) is 6.54 Å². The van der Waals surface area contributed by atoms with Crippen LogP contribution >= 0.6 is 11.3 Å². The van der Waals surface area contributed by atoms with E-state index in [1.54, 1.807) is 36.4 Å². The van der Waals surface area contributed by atoms with Crippen molar-refractivity contribution in [2.45, 2.75) is 25.4 Å². The number of halogens is 1. The van der Waals surface area contributed by atoms with E-state index in [2.05, 4.69) is 15.5 Å². The molecule has 172 valence electrons. The van der Waals surface area contributed by atoms with E-state index >= 15 is 0 Å². The van der Waals surface area contributed by atoms with Gasteiger partial charge in [0.1, 0.15) is 0 Å². The Morgan fingerprint density at radius 3 is 2.48 bits per heavy atom. The second kappa shape index (κ2) is 10.6. The zero-order valence-electron chi connectivity index (χ0n) is 18.3. The van der Waals surface area contributed by atoms with Crippen LogP contribution in [0.15, 0.2) is 60.0 Å². The lowest BCUT2D eigenvalue weighted by Gasteiger charge is -2.32. The van der Waals surface area contributed by atoms with Gasteiger partial charge in [0.2, 0.25) is 0 Å². The third-order valence-corrected chi connectivity index (χ3v) is 6.56. The quantitative estimate of drug-likeness (QED) is 0.535. The van der Waals surface area contributed by atoms with Gasteiger partial charge >= 0.3 is 0 Å². The molecule has 0 saturated carbocycles. The van der Waals surface area contributed by atoms with Gasteiger partial charge in [-0.05, 0) is 66.2 Å². The van der Waals surface area contributed by atoms with E-state index in [4.69, 9.17) is 4.74 Å². The zero-order chi connectivity index (χ0) is 23.2. The highest BCUT2D eigenvalue weighted by molar-refractivity contribution is 7.12. The number of methoxy groups -OCH3 is 1. The molecule has 2 aromatic carbocycles. The Labute approximate surface area is 196 Å². The zero-order valence-corrected chi connectivity index (χ0v) is 19.2. The van der Waals surface area contributed by atoms with E-state index in [1.807, 2.05) is 17.5 Å². The summed E-state index contributed by atoms with van der Waals surface area (Å²) in [7, 11) is 1.45. The van der Waals surface area contributed by atoms with Crippen molar-refractivity contribution in [3.05, 3.63) is 81.8 Å². The summed E-state index contributed by atoms with van der Waals surface area (Å²) in [4.78, 5) is 27.7. The molecule has 1 aromatic heterocycles. The largest absolute Gasteiger partial charge is 0.494 e. The first-order valence-corrected chi connectivity index (χ1v) is 11.7. The maximum Gasteiger partial charge on any atom is 0.265 e. The summed E-state index contributed by atoms with van der Waals surface area (Å²) in [6, 6.07) is 15.6. The van der Waals surface area contributed by atoms with Crippen molar-refractivity contribution in [2.75, 3.05) is 25.5 Å². The van der Waals surface area contributed by atoms with Gasteiger partial charge in [0.25, 0.3) is 11.8 Å². The fourth-order valence-electron chi connectivity index (χ4n) is 3.88. The van der Waals surface area contributed by atoms with Crippen LogP contribution in [0.3, 0.4) is 0 Å². The minimum absolute atomic E-state index is 0.0968. The number of piperidine rings is 1. The van der Waals surface area contributed by atoms with Crippen molar-refractivity contribution in [1.82, 2.24) is 10.2 Å². The van der Waals surface area contributed by atoms with Crippen molar-refractivity contribution in [3.8, 4) is 5.75 Å². The number of thiophene rings is 1. The van der Waals surface area contributed by atoms with Gasteiger partial charge < -0.3 is 15.4 Å². The van der Waals surface area contributed by atoms with Crippen LogP contribution in [0.25, 0.3) is 0 Å². The Bertz CT molecular complexity index is 1090. The predicted molar refractivity (Wildman–Crippen MR) is 127 cm³/mol. The molecule has 0 aliphatic carbocycles. The number of ether oxygens (including phenoxy) is 1. The number of carbonyl (C=O) groups is 2. The molecule has 33 heavy (non-hydrogen) atoms. The molecule has 0 unspecified atom stereocenters. The normalized spacial score (nSPS) is 14.6. The highest BCUT2D eigenvalue weighted by atomic mass is 32.1. The second-order valence-electron chi connectivity index (χ2n) is 8.00. The molecule has 1 fully saturated rings. The third kappa shape index (κ3) is 5.97. The number of likely N-dealkylation sites (tertiary alicyclic amines) is 1. The number of nitrogens with one attached hydrogen (secondary N) is 2. The molecule has 3 aromatic rings. The standard InChI is InChI=1S/C25H26FN3O3S/c1-32-22-9-4-17(15-21(22)26)16-29-12-10-20(11-13-29)27-24(30)18-5-7-19(8-6-18)28-25(31)23-3-2-14-33-23/h2-9,14-15,20H,10-13,16H2,1H3,(H,27,30)(H,28,31). The molecule has 2 heterocycles. The lowest BCUT2D eigenvalue weighted by Crippen LogP contribution is -2.44. The molecule has 1 aliphatic rings. The van der Waals surface area contributed by atoms with E-state index in [0.29, 0.717) is 22.7 Å². The average molecular weight is 468 g/mol. The summed E-state index contributed by atoms with van der Waals surface area (Å²) in [5.41, 5.74) is 2.11. The number of amides is 2. The smallest absolute Gasteiger partial charge is 0.265 e. The van der Waals surface area contributed by atoms with Crippen molar-refractivity contribution in [1.29, 1.82) is 0 Å². The van der Waals surface area contributed by atoms with Crippen molar-refractivity contribution < 1.29 is 18.7 Å². The maximum atomic E-state index is 13.9. The fourth-order valence-corrected chi connectivity index (χ4v) is 4.49. The number of hydrogen-bond donors (Lipinski definition) is 2. The van der Waals surface area contributed by atoms with E-state index in [9.17, 15) is 14.0 Å². The minimum Gasteiger partial charge on any atom is -0.494 e. The molecule has 1 saturated heterocycles. The molecule has 8 heteroatoms. The Hall–Kier alpha value is -3.23. The third-order valence-electron chi connectivity index (χ3n) is 5.70. The molecule has 0 atom stereocenters. The highest BCUT2D eigenvalue weighted by Crippen LogP contribution is 2.21. The molecule has 2 amide bonds. The molecular formula is C25H26FN3O3S. The SMILES string of the molecule is COc1ccc(CN2CCC(NC(=O)c3ccc(NC(=O)c4cccs4)cc3)CC2)cc1F. The summed E-state index contributed by atoms with van der Waals surface area (Å²) in [5, 5.41) is 7.78. The topological polar surface area (TPSA) is 70.7 Å². The Morgan fingerprint density at radius 2 is 1.85 bits per heavy atom. The molecule has 4 rings (SSSR count). The number of benzene rings is 2. The molecule has 6 nitrogen and oxygen atoms in total. The number of anilines is 1. The van der Waals surface area contributed by atoms with Gasteiger partial charge in [0.05, 0.1) is 12.0 Å². The Balaban J connectivity index is 1.24. The van der Waals surface area contributed by atoms with Crippen molar-refractivity contribution >= 4 is 28.8 Å². The summed E-state index contributed by atoms with van der Waals surface area (Å²) in [6.07, 6.45) is 1.67. The van der Waals surface area contributed by atoms with Gasteiger partial charge in [0, 0.05) is 36.9 Å². The Kier molecular flexibility index (Phi) is 7.36. The first-order chi connectivity index (χ1) is 16.0. The van der Waals surface area contributed by atoms with Gasteiger partial charge in [-0.1, -0.05) is 12.1 Å². The van der Waals surface area contributed by atoms with Crippen LogP contribution in [0, 0.1) is 5.82 Å². The van der Waals surface area contributed by atoms with Crippen LogP contribution in [0.4, 0.5) is 10.1 Å². The monoisotopic (exact) mass is 467 g/mol. The van der Waals surface area contributed by atoms with Crippen molar-refractivity contribution in [2.24, 2.45) is 0 Å². The van der Waals surface area contributed by atoms with Gasteiger partial charge in [0.15, 0.2) is 11.6 Å². The lowest BCUT2D eigenvalue weighted by molar-refractivity contribution is 0.0908. The molecule has 0 spiro atoms. The van der Waals surface area contributed by atoms with Crippen LogP contribution in [-0.4, -0.2) is 43.0 Å². The molecule has 1 aliphatic heterocycles. The van der Waals surface area contributed by atoms with Crippen molar-refractivity contribution in [3.63, 3.8) is 0 Å². The summed E-state index contributed by atoms with van der Waals surface area (Å²) < 4.78 is 18.9. The van der Waals surface area contributed by atoms with E-state index in [1.165, 1.54) is 24.5 Å². The fraction of sp³-hybridized carbons (Fsp3) is 0.280. The second-order valence-corrected chi connectivity index (χ2v) is 8.95. The lowest BCUT2D eigenvalue weighted by atomic mass is 10.0. The molecule has 0 radical (unpaired) electrons. The summed E-state index contributed by atoms with van der Waals surface area (Å²) in [5.74, 6) is -0.388. The van der Waals surface area contributed by atoms with Crippen LogP contribution in [0.1, 0.15) is 38.4 Å². The van der Waals surface area contributed by atoms with E-state index < -0.39 is 0 Å². The minimum atomic E-state index is -0.353. The molecule has 2 N–H and O–H groups in total. The Morgan fingerprint density at radius 1 is 1.09 bits per heavy atom. The summed E-state index contributed by atoms with van der Waals surface area (Å²) in [6.45, 7) is 2.32. The number of rotatable bonds is 7. The van der Waals surface area contributed by atoms with E-state index in [-0.39, 0.29) is 29.4 Å². The first-order valence-electron chi connectivity index (χ1n) is 10.8. The number of nitrogens with zero attached hydrogens (tertiary/aromatic N) is 1. The van der Waals surface area contributed by atoms with Gasteiger partial charge in [-0.25, -0.2) is 4.39 Å². The first kappa shape index (κ1) is 22.9. The van der Waals surface area contributed by atoms with Gasteiger partial charge in [-0.2, -0.15) is 0 Å². The predicted octanol–water partition coefficient (Wildman–Crippen LogP) is 4.54. The number of carbonyl (C=O) groups excluding carboxylic acids is 2.